The van der Waals surface area contributed by atoms with Crippen LogP contribution in [-0.4, -0.2) is 53.8 Å². The molecule has 0 spiro atoms. The van der Waals surface area contributed by atoms with Gasteiger partial charge in [-0.1, -0.05) is 11.6 Å². The number of nitrogens with one attached hydrogen (secondary N) is 1. The first-order chi connectivity index (χ1) is 8.24. The summed E-state index contributed by atoms with van der Waals surface area (Å²) in [4.78, 5) is 10.5. The van der Waals surface area contributed by atoms with E-state index in [9.17, 15) is 0 Å². The van der Waals surface area contributed by atoms with E-state index in [1.54, 1.807) is 6.20 Å². The highest BCUT2D eigenvalue weighted by Crippen LogP contribution is 2.09. The van der Waals surface area contributed by atoms with Crippen molar-refractivity contribution in [1.29, 1.82) is 0 Å². The van der Waals surface area contributed by atoms with E-state index in [1.165, 1.54) is 6.20 Å². The van der Waals surface area contributed by atoms with Gasteiger partial charge in [0.15, 0.2) is 0 Å². The van der Waals surface area contributed by atoms with Crippen LogP contribution in [0.25, 0.3) is 0 Å². The summed E-state index contributed by atoms with van der Waals surface area (Å²) < 4.78 is 5.31. The SMILES string of the molecule is CC(CN1CCOCC1)Nc1cncc(Cl)n1. The molecule has 1 unspecified atom stereocenters. The van der Waals surface area contributed by atoms with Crippen molar-refractivity contribution in [3.8, 4) is 0 Å². The third-order valence-electron chi connectivity index (χ3n) is 2.64. The fourth-order valence-corrected chi connectivity index (χ4v) is 2.03. The van der Waals surface area contributed by atoms with Gasteiger partial charge < -0.3 is 10.1 Å². The summed E-state index contributed by atoms with van der Waals surface area (Å²) >= 11 is 5.78. The van der Waals surface area contributed by atoms with E-state index < -0.39 is 0 Å². The molecule has 1 saturated heterocycles. The maximum atomic E-state index is 5.78. The Morgan fingerprint density at radius 2 is 2.24 bits per heavy atom. The van der Waals surface area contributed by atoms with Gasteiger partial charge in [0.05, 0.1) is 25.6 Å². The monoisotopic (exact) mass is 256 g/mol. The van der Waals surface area contributed by atoms with Gasteiger partial charge in [-0.05, 0) is 6.92 Å². The highest BCUT2D eigenvalue weighted by atomic mass is 35.5. The summed E-state index contributed by atoms with van der Waals surface area (Å²) in [6.45, 7) is 6.73. The predicted molar refractivity (Wildman–Crippen MR) is 67.4 cm³/mol. The number of ether oxygens (including phenoxy) is 1. The van der Waals surface area contributed by atoms with Crippen LogP contribution in [0.1, 0.15) is 6.92 Å². The first-order valence-corrected chi connectivity index (χ1v) is 6.16. The largest absolute Gasteiger partial charge is 0.379 e. The van der Waals surface area contributed by atoms with Crippen LogP contribution < -0.4 is 5.32 Å². The molecule has 1 atom stereocenters. The van der Waals surface area contributed by atoms with Crippen molar-refractivity contribution in [3.63, 3.8) is 0 Å². The van der Waals surface area contributed by atoms with Gasteiger partial charge >= 0.3 is 0 Å². The summed E-state index contributed by atoms with van der Waals surface area (Å²) in [5.74, 6) is 0.721. The lowest BCUT2D eigenvalue weighted by Crippen LogP contribution is -2.42. The number of rotatable bonds is 4. The Kier molecular flexibility index (Phi) is 4.53. The lowest BCUT2D eigenvalue weighted by atomic mass is 10.3. The lowest BCUT2D eigenvalue weighted by Gasteiger charge is -2.29. The fourth-order valence-electron chi connectivity index (χ4n) is 1.88. The van der Waals surface area contributed by atoms with Crippen LogP contribution in [0.15, 0.2) is 12.4 Å². The molecule has 5 nitrogen and oxygen atoms in total. The molecule has 0 radical (unpaired) electrons. The molecule has 1 fully saturated rings. The number of hydrogen-bond donors (Lipinski definition) is 1. The van der Waals surface area contributed by atoms with E-state index in [0.29, 0.717) is 11.2 Å². The first-order valence-electron chi connectivity index (χ1n) is 5.78. The standard InChI is InChI=1S/C11H17ClN4O/c1-9(8-16-2-4-17-5-3-16)14-11-7-13-6-10(12)15-11/h6-7,9H,2-5,8H2,1H3,(H,14,15). The van der Waals surface area contributed by atoms with Crippen molar-refractivity contribution in [1.82, 2.24) is 14.9 Å². The summed E-state index contributed by atoms with van der Waals surface area (Å²) in [6.07, 6.45) is 3.21. The second-order valence-corrected chi connectivity index (χ2v) is 4.57. The molecule has 0 aromatic carbocycles. The molecule has 17 heavy (non-hydrogen) atoms. The third-order valence-corrected chi connectivity index (χ3v) is 2.82. The van der Waals surface area contributed by atoms with Gasteiger partial charge in [-0.15, -0.1) is 0 Å². The average molecular weight is 257 g/mol. The van der Waals surface area contributed by atoms with E-state index in [4.69, 9.17) is 16.3 Å². The summed E-state index contributed by atoms with van der Waals surface area (Å²) in [6, 6.07) is 0.306. The number of hydrogen-bond acceptors (Lipinski definition) is 5. The number of anilines is 1. The Balaban J connectivity index is 1.82. The fraction of sp³-hybridized carbons (Fsp3) is 0.636. The van der Waals surface area contributed by atoms with E-state index in [-0.39, 0.29) is 0 Å². The van der Waals surface area contributed by atoms with E-state index >= 15 is 0 Å². The van der Waals surface area contributed by atoms with Gasteiger partial charge in [0.2, 0.25) is 0 Å². The molecule has 6 heteroatoms. The smallest absolute Gasteiger partial charge is 0.149 e. The second-order valence-electron chi connectivity index (χ2n) is 4.19. The zero-order chi connectivity index (χ0) is 12.1. The molecule has 94 valence electrons. The average Bonchev–Trinajstić information content (AvgIpc) is 2.30. The third kappa shape index (κ3) is 4.11. The Hall–Kier alpha value is -0.910. The summed E-state index contributed by atoms with van der Waals surface area (Å²) in [7, 11) is 0. The molecule has 1 aliphatic rings. The Morgan fingerprint density at radius 1 is 1.47 bits per heavy atom. The highest BCUT2D eigenvalue weighted by molar-refractivity contribution is 6.29. The predicted octanol–water partition coefficient (Wildman–Crippen LogP) is 1.26. The van der Waals surface area contributed by atoms with Crippen molar-refractivity contribution in [2.75, 3.05) is 38.2 Å². The molecule has 1 N–H and O–H groups in total. The molecule has 1 aliphatic heterocycles. The van der Waals surface area contributed by atoms with E-state index in [2.05, 4.69) is 27.1 Å². The highest BCUT2D eigenvalue weighted by Gasteiger charge is 2.13. The van der Waals surface area contributed by atoms with Crippen LogP contribution >= 0.6 is 11.6 Å². The van der Waals surface area contributed by atoms with Gasteiger partial charge in [-0.25, -0.2) is 4.98 Å². The molecular weight excluding hydrogens is 240 g/mol. The van der Waals surface area contributed by atoms with Crippen molar-refractivity contribution in [2.24, 2.45) is 0 Å². The maximum absolute atomic E-state index is 5.78. The molecule has 1 aromatic heterocycles. The Labute approximate surface area is 106 Å². The van der Waals surface area contributed by atoms with Gasteiger partial charge in [0, 0.05) is 25.7 Å². The minimum Gasteiger partial charge on any atom is -0.379 e. The van der Waals surface area contributed by atoms with Crippen molar-refractivity contribution in [2.45, 2.75) is 13.0 Å². The first kappa shape index (κ1) is 12.5. The minimum absolute atomic E-state index is 0.306. The topological polar surface area (TPSA) is 50.3 Å². The second kappa shape index (κ2) is 6.14. The molecular formula is C11H17ClN4O. The van der Waals surface area contributed by atoms with Gasteiger partial charge in [0.1, 0.15) is 11.0 Å². The molecule has 2 rings (SSSR count). The minimum atomic E-state index is 0.306. The number of nitrogens with zero attached hydrogens (tertiary/aromatic N) is 3. The maximum Gasteiger partial charge on any atom is 0.149 e. The zero-order valence-corrected chi connectivity index (χ0v) is 10.7. The van der Waals surface area contributed by atoms with Crippen LogP contribution in [-0.2, 0) is 4.74 Å². The van der Waals surface area contributed by atoms with Crippen LogP contribution in [0.5, 0.6) is 0 Å². The van der Waals surface area contributed by atoms with Crippen molar-refractivity contribution >= 4 is 17.4 Å². The summed E-state index contributed by atoms with van der Waals surface area (Å²) in [5, 5.41) is 3.70. The number of morpholine rings is 1. The lowest BCUT2D eigenvalue weighted by molar-refractivity contribution is 0.0368. The quantitative estimate of drug-likeness (QED) is 0.879. The van der Waals surface area contributed by atoms with Crippen LogP contribution in [0.3, 0.4) is 0 Å². The van der Waals surface area contributed by atoms with Gasteiger partial charge in [-0.3, -0.25) is 9.88 Å². The van der Waals surface area contributed by atoms with Crippen LogP contribution in [0.2, 0.25) is 5.15 Å². The van der Waals surface area contributed by atoms with E-state index in [0.717, 1.165) is 38.7 Å². The Bertz CT molecular complexity index is 357. The molecule has 0 bridgehead atoms. The molecule has 0 aliphatic carbocycles. The van der Waals surface area contributed by atoms with Crippen LogP contribution in [0, 0.1) is 0 Å². The molecule has 2 heterocycles. The number of halogens is 1. The van der Waals surface area contributed by atoms with Gasteiger partial charge in [-0.2, -0.15) is 0 Å². The number of aromatic nitrogens is 2. The molecule has 0 amide bonds. The molecule has 1 aromatic rings. The molecule has 0 saturated carbocycles. The summed E-state index contributed by atoms with van der Waals surface area (Å²) in [5.41, 5.74) is 0. The van der Waals surface area contributed by atoms with Gasteiger partial charge in [0.25, 0.3) is 0 Å². The normalized spacial score (nSPS) is 18.9. The Morgan fingerprint density at radius 3 is 2.94 bits per heavy atom. The van der Waals surface area contributed by atoms with E-state index in [1.807, 2.05) is 0 Å². The van der Waals surface area contributed by atoms with Crippen molar-refractivity contribution in [3.05, 3.63) is 17.5 Å². The zero-order valence-electron chi connectivity index (χ0n) is 9.90. The van der Waals surface area contributed by atoms with Crippen molar-refractivity contribution < 1.29 is 4.74 Å². The van der Waals surface area contributed by atoms with Crippen LogP contribution in [0.4, 0.5) is 5.82 Å².